The topological polar surface area (TPSA) is 72.8 Å². The van der Waals surface area contributed by atoms with E-state index in [9.17, 15) is 0 Å². The van der Waals surface area contributed by atoms with Gasteiger partial charge in [0.2, 0.25) is 0 Å². The molecule has 1 aliphatic heterocycles. The molecule has 0 spiro atoms. The second-order valence-corrected chi connectivity index (χ2v) is 4.41. The number of rotatable bonds is 2. The summed E-state index contributed by atoms with van der Waals surface area (Å²) < 4.78 is 0. The highest BCUT2D eigenvalue weighted by molar-refractivity contribution is 5.88. The number of hydrazine groups is 1. The number of hydrogen-bond donors (Lipinski definition) is 2. The fourth-order valence-electron chi connectivity index (χ4n) is 2.28. The molecule has 0 aliphatic carbocycles. The van der Waals surface area contributed by atoms with Gasteiger partial charge in [-0.15, -0.1) is 0 Å². The van der Waals surface area contributed by atoms with Crippen LogP contribution in [0, 0.1) is 0 Å². The van der Waals surface area contributed by atoms with Gasteiger partial charge in [0.15, 0.2) is 0 Å². The Kier molecular flexibility index (Phi) is 3.37. The van der Waals surface area contributed by atoms with Gasteiger partial charge < -0.3 is 5.43 Å². The standard InChI is InChI=1S/C15H13N5/c16-20-18-12-6-7-15-14(10-12)13(8-9-17-19-15)11-4-2-1-3-5-11/h1-8,10,17,19H,9H2. The first-order valence-electron chi connectivity index (χ1n) is 6.32. The van der Waals surface area contributed by atoms with E-state index in [4.69, 9.17) is 5.53 Å². The third-order valence-corrected chi connectivity index (χ3v) is 3.17. The summed E-state index contributed by atoms with van der Waals surface area (Å²) in [5.41, 5.74) is 19.7. The van der Waals surface area contributed by atoms with Crippen LogP contribution in [0.2, 0.25) is 0 Å². The zero-order valence-electron chi connectivity index (χ0n) is 10.7. The van der Waals surface area contributed by atoms with Crippen LogP contribution in [0.1, 0.15) is 11.1 Å². The minimum Gasteiger partial charge on any atom is -0.321 e. The predicted octanol–water partition coefficient (Wildman–Crippen LogP) is 3.99. The van der Waals surface area contributed by atoms with Crippen LogP contribution in [0.4, 0.5) is 11.4 Å². The second-order valence-electron chi connectivity index (χ2n) is 4.41. The van der Waals surface area contributed by atoms with E-state index in [0.717, 1.165) is 28.9 Å². The van der Waals surface area contributed by atoms with Gasteiger partial charge >= 0.3 is 0 Å². The molecule has 0 bridgehead atoms. The maximum absolute atomic E-state index is 8.58. The zero-order chi connectivity index (χ0) is 13.8. The Hall–Kier alpha value is -2.75. The average Bonchev–Trinajstić information content (AvgIpc) is 2.70. The second kappa shape index (κ2) is 5.48. The van der Waals surface area contributed by atoms with E-state index in [1.165, 1.54) is 0 Å². The highest BCUT2D eigenvalue weighted by atomic mass is 15.4. The quantitative estimate of drug-likeness (QED) is 0.488. The van der Waals surface area contributed by atoms with Crippen LogP contribution in [0.15, 0.2) is 59.7 Å². The molecule has 2 aromatic carbocycles. The molecule has 0 saturated carbocycles. The molecule has 1 aliphatic rings. The van der Waals surface area contributed by atoms with Crippen molar-refractivity contribution >= 4 is 16.9 Å². The molecule has 2 aromatic rings. The summed E-state index contributed by atoms with van der Waals surface area (Å²) in [7, 11) is 0. The van der Waals surface area contributed by atoms with E-state index in [1.54, 1.807) is 6.07 Å². The number of nitrogens with zero attached hydrogens (tertiary/aromatic N) is 3. The summed E-state index contributed by atoms with van der Waals surface area (Å²) in [5.74, 6) is 0. The number of hydrogen-bond acceptors (Lipinski definition) is 3. The van der Waals surface area contributed by atoms with Crippen LogP contribution < -0.4 is 10.9 Å². The molecule has 98 valence electrons. The molecule has 20 heavy (non-hydrogen) atoms. The monoisotopic (exact) mass is 263 g/mol. The fourth-order valence-corrected chi connectivity index (χ4v) is 2.28. The number of fused-ring (bicyclic) bond motifs is 1. The van der Waals surface area contributed by atoms with E-state index in [2.05, 4.69) is 39.1 Å². The lowest BCUT2D eigenvalue weighted by molar-refractivity contribution is 0.902. The van der Waals surface area contributed by atoms with E-state index in [1.807, 2.05) is 30.3 Å². The van der Waals surface area contributed by atoms with Crippen molar-refractivity contribution in [1.82, 2.24) is 5.43 Å². The highest BCUT2D eigenvalue weighted by Gasteiger charge is 2.12. The molecule has 2 N–H and O–H groups in total. The van der Waals surface area contributed by atoms with Gasteiger partial charge in [-0.05, 0) is 28.8 Å². The molecule has 0 radical (unpaired) electrons. The lowest BCUT2D eigenvalue weighted by Gasteiger charge is -2.12. The van der Waals surface area contributed by atoms with Crippen molar-refractivity contribution in [2.75, 3.05) is 12.0 Å². The summed E-state index contributed by atoms with van der Waals surface area (Å²) in [4.78, 5) is 2.85. The summed E-state index contributed by atoms with van der Waals surface area (Å²) in [6, 6.07) is 15.8. The largest absolute Gasteiger partial charge is 0.321 e. The minimum absolute atomic E-state index is 0.608. The zero-order valence-corrected chi connectivity index (χ0v) is 10.7. The Morgan fingerprint density at radius 2 is 1.95 bits per heavy atom. The van der Waals surface area contributed by atoms with Crippen LogP contribution in [0.25, 0.3) is 16.0 Å². The Bertz CT molecular complexity index is 699. The minimum atomic E-state index is 0.608. The van der Waals surface area contributed by atoms with Gasteiger partial charge in [0.25, 0.3) is 0 Å². The summed E-state index contributed by atoms with van der Waals surface area (Å²) in [6.07, 6.45) is 2.12. The lowest BCUT2D eigenvalue weighted by Crippen LogP contribution is -2.20. The highest BCUT2D eigenvalue weighted by Crippen LogP contribution is 2.33. The summed E-state index contributed by atoms with van der Waals surface area (Å²) >= 11 is 0. The third kappa shape index (κ3) is 2.36. The molecular formula is C15H13N5. The van der Waals surface area contributed by atoms with Crippen LogP contribution in [0.3, 0.4) is 0 Å². The van der Waals surface area contributed by atoms with Crippen LogP contribution >= 0.6 is 0 Å². The summed E-state index contributed by atoms with van der Waals surface area (Å²) in [6.45, 7) is 0.718. The lowest BCUT2D eigenvalue weighted by atomic mass is 9.96. The molecule has 0 aromatic heterocycles. The Morgan fingerprint density at radius 1 is 1.10 bits per heavy atom. The maximum Gasteiger partial charge on any atom is 0.0566 e. The normalized spacial score (nSPS) is 13.3. The summed E-state index contributed by atoms with van der Waals surface area (Å²) in [5, 5.41) is 3.68. The Labute approximate surface area is 116 Å². The molecule has 5 heteroatoms. The van der Waals surface area contributed by atoms with Crippen molar-refractivity contribution in [3.05, 3.63) is 76.2 Å². The molecule has 0 atom stereocenters. The van der Waals surface area contributed by atoms with E-state index in [-0.39, 0.29) is 0 Å². The van der Waals surface area contributed by atoms with Crippen molar-refractivity contribution in [3.8, 4) is 0 Å². The van der Waals surface area contributed by atoms with Gasteiger partial charge in [-0.2, -0.15) is 0 Å². The van der Waals surface area contributed by atoms with Gasteiger partial charge in [-0.1, -0.05) is 47.6 Å². The first-order chi connectivity index (χ1) is 9.88. The molecule has 3 rings (SSSR count). The predicted molar refractivity (Wildman–Crippen MR) is 80.4 cm³/mol. The Morgan fingerprint density at radius 3 is 2.75 bits per heavy atom. The Balaban J connectivity index is 2.16. The molecule has 0 saturated heterocycles. The number of azide groups is 1. The van der Waals surface area contributed by atoms with Crippen molar-refractivity contribution in [2.45, 2.75) is 0 Å². The SMILES string of the molecule is [N-]=[N+]=Nc1ccc2c(c1)C(c1ccccc1)=CCNN2. The first-order valence-corrected chi connectivity index (χ1v) is 6.32. The smallest absolute Gasteiger partial charge is 0.0566 e. The van der Waals surface area contributed by atoms with Crippen LogP contribution in [-0.4, -0.2) is 6.54 Å². The van der Waals surface area contributed by atoms with Crippen molar-refractivity contribution in [2.24, 2.45) is 5.11 Å². The van der Waals surface area contributed by atoms with Gasteiger partial charge in [0, 0.05) is 22.7 Å². The molecular weight excluding hydrogens is 250 g/mol. The molecule has 0 amide bonds. The van der Waals surface area contributed by atoms with Crippen molar-refractivity contribution < 1.29 is 0 Å². The number of nitrogens with one attached hydrogen (secondary N) is 2. The third-order valence-electron chi connectivity index (χ3n) is 3.17. The van der Waals surface area contributed by atoms with E-state index < -0.39 is 0 Å². The first kappa shape index (κ1) is 12.3. The molecule has 0 unspecified atom stereocenters. The fraction of sp³-hybridized carbons (Fsp3) is 0.0667. The van der Waals surface area contributed by atoms with Crippen LogP contribution in [0.5, 0.6) is 0 Å². The van der Waals surface area contributed by atoms with Gasteiger partial charge in [-0.3, -0.25) is 0 Å². The molecule has 0 fully saturated rings. The molecule has 5 nitrogen and oxygen atoms in total. The van der Waals surface area contributed by atoms with E-state index >= 15 is 0 Å². The van der Waals surface area contributed by atoms with Crippen molar-refractivity contribution in [3.63, 3.8) is 0 Å². The maximum atomic E-state index is 8.58. The van der Waals surface area contributed by atoms with Gasteiger partial charge in [0.1, 0.15) is 0 Å². The van der Waals surface area contributed by atoms with Gasteiger partial charge in [0.05, 0.1) is 5.69 Å². The number of anilines is 1. The van der Waals surface area contributed by atoms with E-state index in [0.29, 0.717) is 5.69 Å². The average molecular weight is 263 g/mol. The number of benzene rings is 2. The van der Waals surface area contributed by atoms with Gasteiger partial charge in [-0.25, -0.2) is 5.43 Å². The molecule has 1 heterocycles. The van der Waals surface area contributed by atoms with Crippen molar-refractivity contribution in [1.29, 1.82) is 0 Å². The van der Waals surface area contributed by atoms with Crippen LogP contribution in [-0.2, 0) is 0 Å².